The van der Waals surface area contributed by atoms with Crippen molar-refractivity contribution in [2.45, 2.75) is 45.0 Å². The van der Waals surface area contributed by atoms with Crippen molar-refractivity contribution < 1.29 is 15.3 Å². The molecule has 3 heteroatoms. The van der Waals surface area contributed by atoms with E-state index in [0.717, 1.165) is 0 Å². The molecule has 0 aliphatic heterocycles. The number of hydrogen-bond acceptors (Lipinski definition) is 3. The van der Waals surface area contributed by atoms with Crippen molar-refractivity contribution in [3.05, 3.63) is 0 Å². The normalized spacial score (nSPS) is 43.5. The maximum absolute atomic E-state index is 9.36. The van der Waals surface area contributed by atoms with Gasteiger partial charge in [0, 0.05) is 0 Å². The molecule has 3 N–H and O–H groups in total. The lowest BCUT2D eigenvalue weighted by molar-refractivity contribution is -0.105. The van der Waals surface area contributed by atoms with E-state index in [2.05, 4.69) is 13.8 Å². The first kappa shape index (κ1) is 9.96. The van der Waals surface area contributed by atoms with E-state index in [-0.39, 0.29) is 0 Å². The second-order valence-electron chi connectivity index (χ2n) is 4.10. The molecule has 72 valence electrons. The summed E-state index contributed by atoms with van der Waals surface area (Å²) in [5.41, 5.74) is 0. The van der Waals surface area contributed by atoms with E-state index < -0.39 is 18.3 Å². The Kier molecular flexibility index (Phi) is 3.09. The molecule has 2 atom stereocenters. The van der Waals surface area contributed by atoms with Crippen molar-refractivity contribution in [1.29, 1.82) is 0 Å². The van der Waals surface area contributed by atoms with Crippen molar-refractivity contribution in [2.75, 3.05) is 0 Å². The number of aliphatic hydroxyl groups is 3. The molecule has 1 saturated carbocycles. The average Bonchev–Trinajstić information content (AvgIpc) is 1.99. The number of hydrogen-bond donors (Lipinski definition) is 3. The molecule has 0 spiro atoms. The van der Waals surface area contributed by atoms with Gasteiger partial charge in [-0.05, 0) is 24.7 Å². The van der Waals surface area contributed by atoms with Gasteiger partial charge in [0.2, 0.25) is 0 Å². The highest BCUT2D eigenvalue weighted by Crippen LogP contribution is 2.30. The van der Waals surface area contributed by atoms with Crippen LogP contribution in [0.15, 0.2) is 0 Å². The summed E-state index contributed by atoms with van der Waals surface area (Å²) in [6.07, 6.45) is -1.23. The Bertz CT molecular complexity index is 135. The molecule has 0 radical (unpaired) electrons. The standard InChI is InChI=1S/C9H18O3/c1-5(2)6-3-7(10)9(12)8(11)4-6/h5-12H,3-4H2,1-2H3. The summed E-state index contributed by atoms with van der Waals surface area (Å²) in [6.45, 7) is 4.14. The van der Waals surface area contributed by atoms with Crippen LogP contribution in [0.25, 0.3) is 0 Å². The van der Waals surface area contributed by atoms with E-state index in [1.165, 1.54) is 0 Å². The van der Waals surface area contributed by atoms with E-state index in [0.29, 0.717) is 24.7 Å². The minimum atomic E-state index is -0.944. The Morgan fingerprint density at radius 1 is 1.00 bits per heavy atom. The van der Waals surface area contributed by atoms with E-state index in [1.807, 2.05) is 0 Å². The van der Waals surface area contributed by atoms with Crippen LogP contribution in [-0.2, 0) is 0 Å². The highest BCUT2D eigenvalue weighted by molar-refractivity contribution is 4.86. The summed E-state index contributed by atoms with van der Waals surface area (Å²) in [5.74, 6) is 0.792. The second-order valence-corrected chi connectivity index (χ2v) is 4.10. The van der Waals surface area contributed by atoms with E-state index in [1.54, 1.807) is 0 Å². The van der Waals surface area contributed by atoms with Crippen LogP contribution in [0.4, 0.5) is 0 Å². The molecular weight excluding hydrogens is 156 g/mol. The first-order valence-electron chi connectivity index (χ1n) is 4.56. The minimum absolute atomic E-state index is 0.332. The van der Waals surface area contributed by atoms with Gasteiger partial charge in [0.05, 0.1) is 12.2 Å². The van der Waals surface area contributed by atoms with Crippen molar-refractivity contribution in [3.63, 3.8) is 0 Å². The fraction of sp³-hybridized carbons (Fsp3) is 1.00. The zero-order valence-corrected chi connectivity index (χ0v) is 7.64. The van der Waals surface area contributed by atoms with E-state index in [9.17, 15) is 15.3 Å². The molecule has 2 unspecified atom stereocenters. The van der Waals surface area contributed by atoms with E-state index in [4.69, 9.17) is 0 Å². The van der Waals surface area contributed by atoms with Gasteiger partial charge in [0.1, 0.15) is 6.10 Å². The molecule has 3 nitrogen and oxygen atoms in total. The first-order valence-corrected chi connectivity index (χ1v) is 4.56. The Morgan fingerprint density at radius 2 is 1.42 bits per heavy atom. The Labute approximate surface area is 73.0 Å². The molecule has 0 bridgehead atoms. The zero-order chi connectivity index (χ0) is 9.30. The maximum atomic E-state index is 9.36. The lowest BCUT2D eigenvalue weighted by atomic mass is 9.77. The third-order valence-corrected chi connectivity index (χ3v) is 2.82. The van der Waals surface area contributed by atoms with Gasteiger partial charge in [-0.1, -0.05) is 13.8 Å². The van der Waals surface area contributed by atoms with Crippen LogP contribution in [0.3, 0.4) is 0 Å². The Morgan fingerprint density at radius 3 is 1.75 bits per heavy atom. The predicted molar refractivity (Wildman–Crippen MR) is 45.6 cm³/mol. The highest BCUT2D eigenvalue weighted by Gasteiger charge is 2.35. The van der Waals surface area contributed by atoms with Crippen LogP contribution in [0.5, 0.6) is 0 Å². The SMILES string of the molecule is CC(C)C1CC(O)C(O)C(O)C1. The summed E-state index contributed by atoms with van der Waals surface area (Å²) >= 11 is 0. The number of rotatable bonds is 1. The third kappa shape index (κ3) is 1.97. The van der Waals surface area contributed by atoms with Crippen LogP contribution in [-0.4, -0.2) is 33.6 Å². The molecule has 1 aliphatic rings. The van der Waals surface area contributed by atoms with Gasteiger partial charge in [-0.2, -0.15) is 0 Å². The Balaban J connectivity index is 2.53. The molecule has 0 saturated heterocycles. The van der Waals surface area contributed by atoms with E-state index >= 15 is 0 Å². The fourth-order valence-electron chi connectivity index (χ4n) is 1.80. The molecule has 0 heterocycles. The Hall–Kier alpha value is -0.120. The number of aliphatic hydroxyl groups excluding tert-OH is 3. The zero-order valence-electron chi connectivity index (χ0n) is 7.64. The summed E-state index contributed by atoms with van der Waals surface area (Å²) in [7, 11) is 0. The molecule has 12 heavy (non-hydrogen) atoms. The van der Waals surface area contributed by atoms with Crippen molar-refractivity contribution in [2.24, 2.45) is 11.8 Å². The van der Waals surface area contributed by atoms with Crippen LogP contribution in [0.1, 0.15) is 26.7 Å². The van der Waals surface area contributed by atoms with Crippen LogP contribution in [0, 0.1) is 11.8 Å². The molecule has 0 aromatic carbocycles. The lowest BCUT2D eigenvalue weighted by Crippen LogP contribution is -2.45. The molecule has 1 aliphatic carbocycles. The highest BCUT2D eigenvalue weighted by atomic mass is 16.4. The molecule has 0 amide bonds. The second kappa shape index (κ2) is 3.73. The lowest BCUT2D eigenvalue weighted by Gasteiger charge is -2.35. The van der Waals surface area contributed by atoms with Crippen LogP contribution < -0.4 is 0 Å². The first-order chi connectivity index (χ1) is 5.52. The fourth-order valence-corrected chi connectivity index (χ4v) is 1.80. The predicted octanol–water partition coefficient (Wildman–Crippen LogP) is 0.135. The summed E-state index contributed by atoms with van der Waals surface area (Å²) in [4.78, 5) is 0. The molecule has 0 aromatic rings. The van der Waals surface area contributed by atoms with Crippen LogP contribution in [0.2, 0.25) is 0 Å². The molecular formula is C9H18O3. The van der Waals surface area contributed by atoms with Gasteiger partial charge in [-0.3, -0.25) is 0 Å². The summed E-state index contributed by atoms with van der Waals surface area (Å²) < 4.78 is 0. The smallest absolute Gasteiger partial charge is 0.106 e. The van der Waals surface area contributed by atoms with Gasteiger partial charge in [-0.15, -0.1) is 0 Å². The van der Waals surface area contributed by atoms with Gasteiger partial charge >= 0.3 is 0 Å². The van der Waals surface area contributed by atoms with Crippen molar-refractivity contribution in [3.8, 4) is 0 Å². The largest absolute Gasteiger partial charge is 0.390 e. The van der Waals surface area contributed by atoms with Gasteiger partial charge in [0.25, 0.3) is 0 Å². The van der Waals surface area contributed by atoms with Crippen molar-refractivity contribution in [1.82, 2.24) is 0 Å². The summed E-state index contributed by atoms with van der Waals surface area (Å²) in [5, 5.41) is 28.0. The summed E-state index contributed by atoms with van der Waals surface area (Å²) in [6, 6.07) is 0. The maximum Gasteiger partial charge on any atom is 0.106 e. The molecule has 0 aromatic heterocycles. The quantitative estimate of drug-likeness (QED) is 0.529. The third-order valence-electron chi connectivity index (χ3n) is 2.82. The van der Waals surface area contributed by atoms with Gasteiger partial charge in [-0.25, -0.2) is 0 Å². The topological polar surface area (TPSA) is 60.7 Å². The minimum Gasteiger partial charge on any atom is -0.390 e. The van der Waals surface area contributed by atoms with Crippen LogP contribution >= 0.6 is 0 Å². The van der Waals surface area contributed by atoms with Gasteiger partial charge < -0.3 is 15.3 Å². The molecule has 1 fully saturated rings. The molecule has 1 rings (SSSR count). The monoisotopic (exact) mass is 174 g/mol. The van der Waals surface area contributed by atoms with Crippen molar-refractivity contribution >= 4 is 0 Å². The van der Waals surface area contributed by atoms with Gasteiger partial charge in [0.15, 0.2) is 0 Å². The average molecular weight is 174 g/mol.